The van der Waals surface area contributed by atoms with Crippen LogP contribution in [0.3, 0.4) is 0 Å². The average molecular weight is 279 g/mol. The van der Waals surface area contributed by atoms with E-state index in [1.807, 2.05) is 0 Å². The van der Waals surface area contributed by atoms with Crippen LogP contribution in [0.4, 0.5) is 13.2 Å². The highest BCUT2D eigenvalue weighted by molar-refractivity contribution is 7.91. The molecule has 0 amide bonds. The van der Waals surface area contributed by atoms with Gasteiger partial charge in [0.2, 0.25) is 0 Å². The lowest BCUT2D eigenvalue weighted by Crippen LogP contribution is -2.30. The number of hydrogen-bond donors (Lipinski definition) is 0. The largest absolute Gasteiger partial charge is 0.591 e. The fourth-order valence-electron chi connectivity index (χ4n) is 1.39. The minimum atomic E-state index is -1.69. The average Bonchev–Trinajstić information content (AvgIpc) is 2.22. The zero-order valence-corrected chi connectivity index (χ0v) is 11.5. The highest BCUT2D eigenvalue weighted by atomic mass is 32.2. The number of hydrogen-bond acceptors (Lipinski definition) is 2. The smallest absolute Gasteiger partial charge is 0.155 e. The van der Waals surface area contributed by atoms with E-state index in [1.54, 1.807) is 20.8 Å². The highest BCUT2D eigenvalue weighted by Gasteiger charge is 2.35. The molecule has 2 unspecified atom stereocenters. The first-order valence-corrected chi connectivity index (χ1v) is 6.60. The summed E-state index contributed by atoms with van der Waals surface area (Å²) >= 11 is -1.62. The van der Waals surface area contributed by atoms with Crippen molar-refractivity contribution in [2.75, 3.05) is 0 Å². The van der Waals surface area contributed by atoms with Gasteiger partial charge in [0.1, 0.15) is 28.1 Å². The van der Waals surface area contributed by atoms with Crippen LogP contribution in [-0.4, -0.2) is 21.2 Å². The quantitative estimate of drug-likeness (QED) is 0.562. The number of rotatable bonds is 2. The van der Waals surface area contributed by atoms with Crippen LogP contribution in [0.15, 0.2) is 28.2 Å². The monoisotopic (exact) mass is 279 g/mol. The predicted octanol–water partition coefficient (Wildman–Crippen LogP) is 3.58. The molecule has 2 nitrogen and oxygen atoms in total. The number of alkyl halides is 1. The summed E-state index contributed by atoms with van der Waals surface area (Å²) in [7, 11) is 0. The molecule has 6 heteroatoms. The molecule has 0 aliphatic heterocycles. The molecular formula is C12H16F3NOS. The number of halogens is 3. The maximum Gasteiger partial charge on any atom is 0.155 e. The van der Waals surface area contributed by atoms with Crippen molar-refractivity contribution in [1.82, 2.24) is 0 Å². The molecule has 1 aliphatic carbocycles. The summed E-state index contributed by atoms with van der Waals surface area (Å²) in [6.45, 7) is 6.44. The fraction of sp³-hybridized carbons (Fsp3) is 0.583. The Morgan fingerprint density at radius 3 is 2.44 bits per heavy atom. The third-order valence-electron chi connectivity index (χ3n) is 2.45. The summed E-state index contributed by atoms with van der Waals surface area (Å²) < 4.78 is 55.1. The van der Waals surface area contributed by atoms with Crippen LogP contribution in [0.25, 0.3) is 0 Å². The molecule has 18 heavy (non-hydrogen) atoms. The zero-order valence-electron chi connectivity index (χ0n) is 10.7. The summed E-state index contributed by atoms with van der Waals surface area (Å²) in [5.41, 5.74) is -0.00671. The number of allylic oxidation sites excluding steroid dienone is 4. The van der Waals surface area contributed by atoms with Crippen molar-refractivity contribution < 1.29 is 17.7 Å². The van der Waals surface area contributed by atoms with E-state index < -0.39 is 39.9 Å². The van der Waals surface area contributed by atoms with E-state index in [-0.39, 0.29) is 5.71 Å². The molecule has 0 spiro atoms. The van der Waals surface area contributed by atoms with Crippen LogP contribution in [0.1, 0.15) is 27.7 Å². The van der Waals surface area contributed by atoms with Crippen molar-refractivity contribution in [2.45, 2.75) is 38.6 Å². The maximum absolute atomic E-state index is 13.6. The van der Waals surface area contributed by atoms with Crippen LogP contribution < -0.4 is 0 Å². The van der Waals surface area contributed by atoms with Gasteiger partial charge in [-0.15, -0.1) is 0 Å². The van der Waals surface area contributed by atoms with Crippen molar-refractivity contribution >= 4 is 17.1 Å². The highest BCUT2D eigenvalue weighted by Crippen LogP contribution is 2.31. The Bertz CT molecular complexity index is 412. The third-order valence-corrected chi connectivity index (χ3v) is 3.95. The van der Waals surface area contributed by atoms with Gasteiger partial charge in [-0.3, -0.25) is 0 Å². The molecule has 0 heterocycles. The van der Waals surface area contributed by atoms with Crippen LogP contribution in [0.2, 0.25) is 0 Å². The second-order valence-electron chi connectivity index (χ2n) is 5.07. The van der Waals surface area contributed by atoms with Crippen LogP contribution in [0, 0.1) is 5.92 Å². The second-order valence-corrected chi connectivity index (χ2v) is 6.98. The summed E-state index contributed by atoms with van der Waals surface area (Å²) in [6, 6.07) is 0. The molecule has 102 valence electrons. The Kier molecular flexibility index (Phi) is 4.66. The van der Waals surface area contributed by atoms with Crippen molar-refractivity contribution in [3.63, 3.8) is 0 Å². The first kappa shape index (κ1) is 15.3. The molecule has 0 bridgehead atoms. The van der Waals surface area contributed by atoms with Crippen molar-refractivity contribution in [1.29, 1.82) is 0 Å². The second kappa shape index (κ2) is 5.48. The lowest BCUT2D eigenvalue weighted by Gasteiger charge is -2.23. The Morgan fingerprint density at radius 1 is 1.39 bits per heavy atom. The lowest BCUT2D eigenvalue weighted by atomic mass is 9.93. The van der Waals surface area contributed by atoms with Gasteiger partial charge in [0.15, 0.2) is 5.83 Å². The Labute approximate surface area is 108 Å². The minimum absolute atomic E-state index is 0.00671. The van der Waals surface area contributed by atoms with E-state index in [0.29, 0.717) is 0 Å². The topological polar surface area (TPSA) is 35.4 Å². The zero-order chi connectivity index (χ0) is 14.1. The number of nitrogens with zero attached hydrogens (tertiary/aromatic N) is 1. The van der Waals surface area contributed by atoms with Gasteiger partial charge in [0, 0.05) is 0 Å². The normalized spacial score (nSPS) is 27.7. The molecule has 0 saturated carbocycles. The minimum Gasteiger partial charge on any atom is -0.591 e. The molecule has 0 saturated heterocycles. The Morgan fingerprint density at radius 2 is 1.94 bits per heavy atom. The molecule has 0 aromatic carbocycles. The van der Waals surface area contributed by atoms with E-state index in [2.05, 4.69) is 4.40 Å². The van der Waals surface area contributed by atoms with Gasteiger partial charge in [0.25, 0.3) is 0 Å². The maximum atomic E-state index is 13.6. The summed E-state index contributed by atoms with van der Waals surface area (Å²) in [6.07, 6.45) is -0.00250. The van der Waals surface area contributed by atoms with Crippen LogP contribution in [-0.2, 0) is 11.4 Å². The van der Waals surface area contributed by atoms with E-state index in [4.69, 9.17) is 0 Å². The molecule has 1 rings (SSSR count). The molecule has 0 aromatic heterocycles. The van der Waals surface area contributed by atoms with E-state index in [0.717, 1.165) is 12.2 Å². The van der Waals surface area contributed by atoms with Crippen molar-refractivity contribution in [3.05, 3.63) is 23.8 Å². The SMILES string of the molecule is C/C(=N\[S@@+]([O-])C(C)(C)C)C1C(F)=C(F)C=CC1F. The standard InChI is InChI=1S/C12H16F3NOS/c1-7(16-18(17)12(2,3)4)10-8(13)5-6-9(14)11(10)15/h5-6,8,10H,1-4H3/b16-7+/t8?,10?,18-/m0/s1. The van der Waals surface area contributed by atoms with Gasteiger partial charge < -0.3 is 4.55 Å². The fourth-order valence-corrected chi connectivity index (χ4v) is 2.04. The lowest BCUT2D eigenvalue weighted by molar-refractivity contribution is 0.314. The summed E-state index contributed by atoms with van der Waals surface area (Å²) in [5.74, 6) is -3.72. The molecular weight excluding hydrogens is 263 g/mol. The van der Waals surface area contributed by atoms with Crippen LogP contribution in [0.5, 0.6) is 0 Å². The van der Waals surface area contributed by atoms with E-state index in [9.17, 15) is 17.7 Å². The van der Waals surface area contributed by atoms with Gasteiger partial charge in [-0.2, -0.15) is 0 Å². The summed E-state index contributed by atoms with van der Waals surface area (Å²) in [5, 5.41) is 0. The third kappa shape index (κ3) is 3.38. The van der Waals surface area contributed by atoms with Crippen molar-refractivity contribution in [2.24, 2.45) is 10.3 Å². The van der Waals surface area contributed by atoms with Crippen molar-refractivity contribution in [3.8, 4) is 0 Å². The first-order chi connectivity index (χ1) is 8.14. The predicted molar refractivity (Wildman–Crippen MR) is 67.8 cm³/mol. The molecule has 0 N–H and O–H groups in total. The van der Waals surface area contributed by atoms with Gasteiger partial charge in [0.05, 0.1) is 11.6 Å². The van der Waals surface area contributed by atoms with E-state index >= 15 is 0 Å². The van der Waals surface area contributed by atoms with Gasteiger partial charge in [-0.1, -0.05) is 4.40 Å². The van der Waals surface area contributed by atoms with Crippen LogP contribution >= 0.6 is 0 Å². The molecule has 3 atom stereocenters. The van der Waals surface area contributed by atoms with E-state index in [1.165, 1.54) is 6.92 Å². The van der Waals surface area contributed by atoms with Gasteiger partial charge in [-0.25, -0.2) is 13.2 Å². The molecule has 0 radical (unpaired) electrons. The molecule has 0 aromatic rings. The first-order valence-electron chi connectivity index (χ1n) is 5.49. The van der Waals surface area contributed by atoms with Gasteiger partial charge >= 0.3 is 0 Å². The molecule has 1 aliphatic rings. The summed E-state index contributed by atoms with van der Waals surface area (Å²) in [4.78, 5) is 0. The Hall–Kier alpha value is -0.750. The van der Waals surface area contributed by atoms with Gasteiger partial charge in [-0.05, 0) is 39.8 Å². The molecule has 0 fully saturated rings. The Balaban J connectivity index is 3.00.